The minimum Gasteiger partial charge on any atom is -0.465 e. The highest BCUT2D eigenvalue weighted by molar-refractivity contribution is 6.30. The van der Waals surface area contributed by atoms with Crippen LogP contribution >= 0.6 is 11.6 Å². The molecule has 0 aliphatic carbocycles. The van der Waals surface area contributed by atoms with E-state index in [4.69, 9.17) is 16.3 Å². The van der Waals surface area contributed by atoms with Crippen molar-refractivity contribution in [3.63, 3.8) is 0 Å². The Morgan fingerprint density at radius 3 is 2.65 bits per heavy atom. The van der Waals surface area contributed by atoms with E-state index in [0.29, 0.717) is 23.9 Å². The molecule has 0 saturated carbocycles. The van der Waals surface area contributed by atoms with Crippen molar-refractivity contribution in [3.05, 3.63) is 64.9 Å². The number of fused-ring (bicyclic) bond motifs is 1. The van der Waals surface area contributed by atoms with Gasteiger partial charge in [0.1, 0.15) is 11.7 Å². The van der Waals surface area contributed by atoms with Gasteiger partial charge < -0.3 is 9.72 Å². The van der Waals surface area contributed by atoms with Crippen LogP contribution in [0.25, 0.3) is 11.0 Å². The fraction of sp³-hybridized carbons (Fsp3) is 0.222. The van der Waals surface area contributed by atoms with Crippen LogP contribution < -0.4 is 0 Å². The Hall–Kier alpha value is -2.33. The molecule has 1 heterocycles. The highest BCUT2D eigenvalue weighted by Crippen LogP contribution is 2.24. The summed E-state index contributed by atoms with van der Waals surface area (Å²) in [4.78, 5) is 20.2. The third kappa shape index (κ3) is 3.54. The highest BCUT2D eigenvalue weighted by Gasteiger charge is 2.25. The lowest BCUT2D eigenvalue weighted by Crippen LogP contribution is -2.19. The van der Waals surface area contributed by atoms with Crippen molar-refractivity contribution in [2.24, 2.45) is 0 Å². The van der Waals surface area contributed by atoms with E-state index in [1.807, 2.05) is 48.5 Å². The number of esters is 1. The molecular weight excluding hydrogens is 312 g/mol. The molecule has 118 valence electrons. The molecule has 23 heavy (non-hydrogen) atoms. The number of carbonyl (C=O) groups is 1. The molecule has 1 aromatic heterocycles. The predicted molar refractivity (Wildman–Crippen MR) is 90.6 cm³/mol. The topological polar surface area (TPSA) is 55.0 Å². The van der Waals surface area contributed by atoms with E-state index >= 15 is 0 Å². The summed E-state index contributed by atoms with van der Waals surface area (Å²) in [7, 11) is 0. The number of imidazole rings is 1. The van der Waals surface area contributed by atoms with Gasteiger partial charge in [-0.15, -0.1) is 0 Å². The van der Waals surface area contributed by atoms with Gasteiger partial charge in [0.25, 0.3) is 0 Å². The average Bonchev–Trinajstić information content (AvgIpc) is 2.98. The van der Waals surface area contributed by atoms with E-state index in [1.165, 1.54) is 0 Å². The maximum atomic E-state index is 12.4. The zero-order chi connectivity index (χ0) is 16.2. The van der Waals surface area contributed by atoms with Gasteiger partial charge in [-0.1, -0.05) is 35.9 Å². The van der Waals surface area contributed by atoms with Gasteiger partial charge in [0, 0.05) is 5.02 Å². The Labute approximate surface area is 139 Å². The number of halogens is 1. The molecule has 0 spiro atoms. The first-order valence-corrected chi connectivity index (χ1v) is 7.91. The van der Waals surface area contributed by atoms with Gasteiger partial charge in [0.15, 0.2) is 0 Å². The van der Waals surface area contributed by atoms with Crippen LogP contribution in [-0.2, 0) is 16.0 Å². The van der Waals surface area contributed by atoms with Crippen molar-refractivity contribution in [1.82, 2.24) is 9.97 Å². The lowest BCUT2D eigenvalue weighted by Gasteiger charge is -2.13. The van der Waals surface area contributed by atoms with E-state index in [0.717, 1.165) is 16.6 Å². The van der Waals surface area contributed by atoms with Crippen molar-refractivity contribution in [1.29, 1.82) is 0 Å². The lowest BCUT2D eigenvalue weighted by atomic mass is 9.99. The van der Waals surface area contributed by atoms with E-state index in [2.05, 4.69) is 9.97 Å². The number of benzene rings is 2. The second-order valence-corrected chi connectivity index (χ2v) is 5.71. The molecule has 0 amide bonds. The Morgan fingerprint density at radius 1 is 1.22 bits per heavy atom. The molecule has 0 unspecified atom stereocenters. The molecule has 2 aromatic carbocycles. The van der Waals surface area contributed by atoms with Gasteiger partial charge in [-0.05, 0) is 43.2 Å². The molecule has 0 aliphatic heterocycles. The van der Waals surface area contributed by atoms with Gasteiger partial charge >= 0.3 is 5.97 Å². The van der Waals surface area contributed by atoms with E-state index in [1.54, 1.807) is 6.92 Å². The van der Waals surface area contributed by atoms with Gasteiger partial charge in [0.2, 0.25) is 0 Å². The quantitative estimate of drug-likeness (QED) is 0.717. The summed E-state index contributed by atoms with van der Waals surface area (Å²) in [5, 5.41) is 0.671. The van der Waals surface area contributed by atoms with Gasteiger partial charge in [-0.25, -0.2) is 4.98 Å². The smallest absolute Gasteiger partial charge is 0.316 e. The largest absolute Gasteiger partial charge is 0.465 e. The summed E-state index contributed by atoms with van der Waals surface area (Å²) < 4.78 is 5.23. The molecule has 1 N–H and O–H groups in total. The summed E-state index contributed by atoms with van der Waals surface area (Å²) >= 11 is 5.92. The molecule has 0 bridgehead atoms. The number of hydrogen-bond donors (Lipinski definition) is 1. The molecule has 3 rings (SSSR count). The van der Waals surface area contributed by atoms with Crippen molar-refractivity contribution < 1.29 is 9.53 Å². The number of para-hydroxylation sites is 2. The van der Waals surface area contributed by atoms with Crippen LogP contribution in [0, 0.1) is 0 Å². The normalized spacial score (nSPS) is 12.3. The SMILES string of the molecule is CCOC(=O)[C@H](Cc1ccc(Cl)cc1)c1nc2ccccc2[nH]1. The fourth-order valence-electron chi connectivity index (χ4n) is 2.53. The Morgan fingerprint density at radius 2 is 1.96 bits per heavy atom. The average molecular weight is 329 g/mol. The highest BCUT2D eigenvalue weighted by atomic mass is 35.5. The van der Waals surface area contributed by atoms with Gasteiger partial charge in [0.05, 0.1) is 17.6 Å². The monoisotopic (exact) mass is 328 g/mol. The second-order valence-electron chi connectivity index (χ2n) is 5.27. The van der Waals surface area contributed by atoms with Crippen molar-refractivity contribution in [3.8, 4) is 0 Å². The summed E-state index contributed by atoms with van der Waals surface area (Å²) in [6.07, 6.45) is 0.510. The minimum atomic E-state index is -0.469. The van der Waals surface area contributed by atoms with Crippen LogP contribution in [0.1, 0.15) is 24.2 Å². The van der Waals surface area contributed by atoms with Crippen LogP contribution in [0.5, 0.6) is 0 Å². The first-order valence-electron chi connectivity index (χ1n) is 7.53. The maximum absolute atomic E-state index is 12.4. The Kier molecular flexibility index (Phi) is 4.63. The third-order valence-electron chi connectivity index (χ3n) is 3.66. The molecule has 3 aromatic rings. The summed E-state index contributed by atoms with van der Waals surface area (Å²) in [6, 6.07) is 15.2. The van der Waals surface area contributed by atoms with Crippen LogP contribution in [0.4, 0.5) is 0 Å². The molecular formula is C18H17ClN2O2. The van der Waals surface area contributed by atoms with Crippen LogP contribution in [0.2, 0.25) is 5.02 Å². The van der Waals surface area contributed by atoms with Crippen LogP contribution in [0.3, 0.4) is 0 Å². The number of ether oxygens (including phenoxy) is 1. The predicted octanol–water partition coefficient (Wildman–Crippen LogP) is 4.11. The van der Waals surface area contributed by atoms with E-state index < -0.39 is 5.92 Å². The molecule has 0 saturated heterocycles. The van der Waals surface area contributed by atoms with Crippen molar-refractivity contribution in [2.45, 2.75) is 19.3 Å². The molecule has 5 heteroatoms. The Bertz CT molecular complexity index is 778. The second kappa shape index (κ2) is 6.84. The van der Waals surface area contributed by atoms with Gasteiger partial charge in [-0.2, -0.15) is 0 Å². The maximum Gasteiger partial charge on any atom is 0.316 e. The molecule has 0 radical (unpaired) electrons. The molecule has 4 nitrogen and oxygen atoms in total. The summed E-state index contributed by atoms with van der Waals surface area (Å²) in [5.41, 5.74) is 2.76. The molecule has 0 fully saturated rings. The minimum absolute atomic E-state index is 0.276. The number of H-pyrrole nitrogens is 1. The van der Waals surface area contributed by atoms with E-state index in [9.17, 15) is 4.79 Å². The van der Waals surface area contributed by atoms with E-state index in [-0.39, 0.29) is 5.97 Å². The van der Waals surface area contributed by atoms with Crippen molar-refractivity contribution in [2.75, 3.05) is 6.61 Å². The number of carbonyl (C=O) groups excluding carboxylic acids is 1. The molecule has 0 aliphatic rings. The van der Waals surface area contributed by atoms with Gasteiger partial charge in [-0.3, -0.25) is 4.79 Å². The third-order valence-corrected chi connectivity index (χ3v) is 3.91. The van der Waals surface area contributed by atoms with Crippen LogP contribution in [0.15, 0.2) is 48.5 Å². The number of rotatable bonds is 5. The van der Waals surface area contributed by atoms with Crippen LogP contribution in [-0.4, -0.2) is 22.5 Å². The number of hydrogen-bond acceptors (Lipinski definition) is 3. The first-order chi connectivity index (χ1) is 11.2. The standard InChI is InChI=1S/C18H17ClN2O2/c1-2-23-18(22)14(11-12-7-9-13(19)10-8-12)17-20-15-5-3-4-6-16(15)21-17/h3-10,14H,2,11H2,1H3,(H,20,21)/t14-/m1/s1. The Balaban J connectivity index is 1.94. The summed E-state index contributed by atoms with van der Waals surface area (Å²) in [5.74, 6) is -0.121. The zero-order valence-corrected chi connectivity index (χ0v) is 13.5. The summed E-state index contributed by atoms with van der Waals surface area (Å²) in [6.45, 7) is 2.14. The number of aromatic amines is 1. The number of aromatic nitrogens is 2. The fourth-order valence-corrected chi connectivity index (χ4v) is 2.65. The zero-order valence-electron chi connectivity index (χ0n) is 12.8. The van der Waals surface area contributed by atoms with Crippen molar-refractivity contribution >= 4 is 28.6 Å². The number of nitrogens with one attached hydrogen (secondary N) is 1. The lowest BCUT2D eigenvalue weighted by molar-refractivity contribution is -0.145. The molecule has 1 atom stereocenters. The first kappa shape index (κ1) is 15.6. The number of nitrogens with zero attached hydrogens (tertiary/aromatic N) is 1.